The third kappa shape index (κ3) is 8.80. The normalized spacial score (nSPS) is 13.7. The minimum absolute atomic E-state index is 0.240. The van der Waals surface area contributed by atoms with E-state index in [0.717, 1.165) is 18.6 Å². The molecule has 24 heavy (non-hydrogen) atoms. The van der Waals surface area contributed by atoms with Gasteiger partial charge in [-0.1, -0.05) is 44.6 Å². The van der Waals surface area contributed by atoms with E-state index in [0.29, 0.717) is 19.1 Å². The number of carbonyl (C=O) groups is 1. The van der Waals surface area contributed by atoms with Gasteiger partial charge in [-0.05, 0) is 37.8 Å². The highest BCUT2D eigenvalue weighted by molar-refractivity contribution is 5.76. The second-order valence-corrected chi connectivity index (χ2v) is 6.77. The molecule has 4 nitrogen and oxygen atoms in total. The number of unbranched alkanes of at least 4 members (excludes halogenated alkanes) is 7. The molecule has 1 amide bonds. The Morgan fingerprint density at radius 2 is 1.71 bits per heavy atom. The number of nitrogens with one attached hydrogen (secondary N) is 1. The molecular weight excluding hydrogens is 302 g/mol. The van der Waals surface area contributed by atoms with Gasteiger partial charge in [0, 0.05) is 18.5 Å². The Labute approximate surface area is 145 Å². The zero-order chi connectivity index (χ0) is 17.0. The molecule has 1 saturated carbocycles. The predicted molar refractivity (Wildman–Crippen MR) is 96.3 cm³/mol. The summed E-state index contributed by atoms with van der Waals surface area (Å²) < 4.78 is 5.60. The quantitative estimate of drug-likeness (QED) is 0.520. The third-order valence-corrected chi connectivity index (χ3v) is 4.33. The Morgan fingerprint density at radius 3 is 2.38 bits per heavy atom. The van der Waals surface area contributed by atoms with Crippen molar-refractivity contribution >= 4 is 5.91 Å². The molecule has 1 aromatic rings. The van der Waals surface area contributed by atoms with E-state index in [9.17, 15) is 9.90 Å². The maximum atomic E-state index is 11.5. The van der Waals surface area contributed by atoms with Crippen molar-refractivity contribution in [2.75, 3.05) is 6.61 Å². The van der Waals surface area contributed by atoms with Crippen molar-refractivity contribution in [1.29, 1.82) is 0 Å². The summed E-state index contributed by atoms with van der Waals surface area (Å²) in [7, 11) is 0. The number of hydrogen-bond donors (Lipinski definition) is 2. The van der Waals surface area contributed by atoms with Crippen molar-refractivity contribution < 1.29 is 14.6 Å². The zero-order valence-electron chi connectivity index (χ0n) is 14.6. The van der Waals surface area contributed by atoms with Crippen LogP contribution in [0.1, 0.15) is 70.6 Å². The molecule has 1 aliphatic carbocycles. The molecule has 2 N–H and O–H groups in total. The van der Waals surface area contributed by atoms with Crippen LogP contribution >= 0.6 is 0 Å². The molecule has 0 spiro atoms. The molecule has 0 heterocycles. The molecule has 4 heteroatoms. The maximum absolute atomic E-state index is 11.5. The van der Waals surface area contributed by atoms with Gasteiger partial charge in [-0.3, -0.25) is 4.79 Å². The fourth-order valence-corrected chi connectivity index (χ4v) is 2.74. The number of benzene rings is 1. The average molecular weight is 333 g/mol. The van der Waals surface area contributed by atoms with Gasteiger partial charge in [0.25, 0.3) is 0 Å². The lowest BCUT2D eigenvalue weighted by molar-refractivity contribution is -0.121. The fourth-order valence-electron chi connectivity index (χ4n) is 2.74. The topological polar surface area (TPSA) is 58.6 Å². The van der Waals surface area contributed by atoms with Crippen LogP contribution in [0.4, 0.5) is 0 Å². The van der Waals surface area contributed by atoms with Gasteiger partial charge in [0.05, 0.1) is 6.61 Å². The summed E-state index contributed by atoms with van der Waals surface area (Å²) in [4.78, 5) is 11.5. The van der Waals surface area contributed by atoms with Gasteiger partial charge in [-0.15, -0.1) is 0 Å². The molecule has 0 aliphatic heterocycles. The van der Waals surface area contributed by atoms with Crippen LogP contribution in [0.3, 0.4) is 0 Å². The van der Waals surface area contributed by atoms with E-state index in [-0.39, 0.29) is 11.7 Å². The summed E-state index contributed by atoms with van der Waals surface area (Å²) >= 11 is 0. The molecule has 0 unspecified atom stereocenters. The Kier molecular flexibility index (Phi) is 8.50. The molecule has 0 saturated heterocycles. The highest BCUT2D eigenvalue weighted by atomic mass is 16.5. The molecule has 0 radical (unpaired) electrons. The molecule has 1 aliphatic rings. The number of hydrogen-bond acceptors (Lipinski definition) is 3. The van der Waals surface area contributed by atoms with Crippen LogP contribution in [0, 0.1) is 0 Å². The monoisotopic (exact) mass is 333 g/mol. The molecule has 0 atom stereocenters. The standard InChI is InChI=1S/C20H31NO3/c22-18-10-9-11-19(16-18)24-15-8-6-4-2-1-3-5-7-12-20(23)21-17-13-14-17/h9-11,16-17,22H,1-8,12-15H2,(H,21,23). The molecule has 0 aromatic heterocycles. The first-order chi connectivity index (χ1) is 11.7. The molecule has 1 aromatic carbocycles. The summed E-state index contributed by atoms with van der Waals surface area (Å²) in [5, 5.41) is 12.4. The zero-order valence-corrected chi connectivity index (χ0v) is 14.6. The number of phenols is 1. The van der Waals surface area contributed by atoms with E-state index >= 15 is 0 Å². The van der Waals surface area contributed by atoms with Crippen LogP contribution in [-0.2, 0) is 4.79 Å². The number of ether oxygens (including phenoxy) is 1. The average Bonchev–Trinajstić information content (AvgIpc) is 3.36. The van der Waals surface area contributed by atoms with Crippen LogP contribution in [0.5, 0.6) is 11.5 Å². The van der Waals surface area contributed by atoms with Crippen molar-refractivity contribution in [3.63, 3.8) is 0 Å². The molecule has 2 rings (SSSR count). The smallest absolute Gasteiger partial charge is 0.220 e. The number of amides is 1. The van der Waals surface area contributed by atoms with Crippen LogP contribution < -0.4 is 10.1 Å². The summed E-state index contributed by atoms with van der Waals surface area (Å²) in [5.41, 5.74) is 0. The van der Waals surface area contributed by atoms with E-state index in [1.807, 2.05) is 6.07 Å². The van der Waals surface area contributed by atoms with Gasteiger partial charge in [-0.2, -0.15) is 0 Å². The van der Waals surface area contributed by atoms with E-state index in [4.69, 9.17) is 4.74 Å². The second-order valence-electron chi connectivity index (χ2n) is 6.77. The van der Waals surface area contributed by atoms with E-state index in [1.165, 1.54) is 51.4 Å². The first-order valence-corrected chi connectivity index (χ1v) is 9.45. The number of carbonyl (C=O) groups excluding carboxylic acids is 1. The third-order valence-electron chi connectivity index (χ3n) is 4.33. The van der Waals surface area contributed by atoms with Gasteiger partial charge in [0.15, 0.2) is 0 Å². The fraction of sp³-hybridized carbons (Fsp3) is 0.650. The van der Waals surface area contributed by atoms with Crippen molar-refractivity contribution in [2.45, 2.75) is 76.7 Å². The van der Waals surface area contributed by atoms with Crippen molar-refractivity contribution in [3.8, 4) is 11.5 Å². The number of aromatic hydroxyl groups is 1. The number of rotatable bonds is 13. The minimum Gasteiger partial charge on any atom is -0.508 e. The predicted octanol–water partition coefficient (Wildman–Crippen LogP) is 4.56. The van der Waals surface area contributed by atoms with Gasteiger partial charge < -0.3 is 15.2 Å². The van der Waals surface area contributed by atoms with Crippen LogP contribution in [-0.4, -0.2) is 23.7 Å². The van der Waals surface area contributed by atoms with Crippen LogP contribution in [0.15, 0.2) is 24.3 Å². The molecule has 1 fully saturated rings. The SMILES string of the molecule is O=C(CCCCCCCCCCOc1cccc(O)c1)NC1CC1. The Bertz CT molecular complexity index is 486. The van der Waals surface area contributed by atoms with Crippen molar-refractivity contribution in [2.24, 2.45) is 0 Å². The second kappa shape index (κ2) is 11.0. The van der Waals surface area contributed by atoms with Gasteiger partial charge in [0.2, 0.25) is 5.91 Å². The Morgan fingerprint density at radius 1 is 1.04 bits per heavy atom. The summed E-state index contributed by atoms with van der Waals surface area (Å²) in [6.45, 7) is 0.708. The van der Waals surface area contributed by atoms with Gasteiger partial charge >= 0.3 is 0 Å². The highest BCUT2D eigenvalue weighted by Crippen LogP contribution is 2.19. The van der Waals surface area contributed by atoms with Crippen LogP contribution in [0.25, 0.3) is 0 Å². The summed E-state index contributed by atoms with van der Waals surface area (Å²) in [6.07, 6.45) is 12.5. The van der Waals surface area contributed by atoms with Crippen molar-refractivity contribution in [3.05, 3.63) is 24.3 Å². The molecule has 0 bridgehead atoms. The lowest BCUT2D eigenvalue weighted by atomic mass is 10.1. The van der Waals surface area contributed by atoms with Crippen LogP contribution in [0.2, 0.25) is 0 Å². The number of phenolic OH excluding ortho intramolecular Hbond substituents is 1. The Balaban J connectivity index is 1.32. The lowest BCUT2D eigenvalue weighted by Crippen LogP contribution is -2.24. The first-order valence-electron chi connectivity index (χ1n) is 9.45. The van der Waals surface area contributed by atoms with Crippen molar-refractivity contribution in [1.82, 2.24) is 5.32 Å². The highest BCUT2D eigenvalue weighted by Gasteiger charge is 2.22. The molecular formula is C20H31NO3. The lowest BCUT2D eigenvalue weighted by Gasteiger charge is -2.06. The minimum atomic E-state index is 0.240. The largest absolute Gasteiger partial charge is 0.508 e. The van der Waals surface area contributed by atoms with E-state index in [1.54, 1.807) is 18.2 Å². The summed E-state index contributed by atoms with van der Waals surface area (Å²) in [6, 6.07) is 7.44. The van der Waals surface area contributed by atoms with Gasteiger partial charge in [-0.25, -0.2) is 0 Å². The maximum Gasteiger partial charge on any atom is 0.220 e. The van der Waals surface area contributed by atoms with Gasteiger partial charge in [0.1, 0.15) is 11.5 Å². The van der Waals surface area contributed by atoms with E-state index in [2.05, 4.69) is 5.32 Å². The Hall–Kier alpha value is -1.71. The summed E-state index contributed by atoms with van der Waals surface area (Å²) in [5.74, 6) is 1.22. The molecule has 134 valence electrons. The first kappa shape index (κ1) is 18.6. The van der Waals surface area contributed by atoms with E-state index < -0.39 is 0 Å².